The molecule has 0 spiro atoms. The van der Waals surface area contributed by atoms with E-state index in [0.717, 1.165) is 47.7 Å². The Kier molecular flexibility index (Phi) is 6.15. The summed E-state index contributed by atoms with van der Waals surface area (Å²) < 4.78 is 19.1. The molecule has 1 atom stereocenters. The molecule has 36 heavy (non-hydrogen) atoms. The molecule has 4 aromatic rings. The molecule has 0 saturated carbocycles. The van der Waals surface area contributed by atoms with Crippen molar-refractivity contribution in [2.75, 3.05) is 24.8 Å². The number of hydrogen-bond acceptors (Lipinski definition) is 5. The predicted octanol–water partition coefficient (Wildman–Crippen LogP) is 5.80. The summed E-state index contributed by atoms with van der Waals surface area (Å²) in [5, 5.41) is 0.698. The fraction of sp³-hybridized carbons (Fsp3) is 0.286. The van der Waals surface area contributed by atoms with E-state index < -0.39 is 0 Å². The Bertz CT molecular complexity index is 1400. The Morgan fingerprint density at radius 1 is 1.00 bits per heavy atom. The molecule has 0 aliphatic carbocycles. The molecule has 0 radical (unpaired) electrons. The number of rotatable bonds is 8. The highest BCUT2D eigenvalue weighted by molar-refractivity contribution is 6.30. The number of halogens is 1. The number of ether oxygens (including phenoxy) is 3. The lowest BCUT2D eigenvalue weighted by atomic mass is 10.1. The van der Waals surface area contributed by atoms with E-state index in [0.29, 0.717) is 36.1 Å². The minimum Gasteiger partial charge on any atom is -0.494 e. The van der Waals surface area contributed by atoms with Crippen molar-refractivity contribution >= 4 is 34.2 Å². The van der Waals surface area contributed by atoms with Crippen LogP contribution < -0.4 is 19.1 Å². The Labute approximate surface area is 214 Å². The van der Waals surface area contributed by atoms with Crippen molar-refractivity contribution in [3.8, 4) is 17.2 Å². The molecule has 8 heteroatoms. The standard InChI is InChI=1S/C28H26ClN3O4/c29-20-7-10-22(11-8-20)34-14-4-3-13-31-24-6-2-1-5-23(24)30-28(31)19-15-27(33)32(17-19)21-9-12-25-26(16-21)36-18-35-25/h1-2,5-12,16,19H,3-4,13-15,17-18H2. The summed E-state index contributed by atoms with van der Waals surface area (Å²) in [6, 6.07) is 21.2. The zero-order valence-electron chi connectivity index (χ0n) is 19.7. The van der Waals surface area contributed by atoms with Crippen molar-refractivity contribution in [2.45, 2.75) is 31.7 Å². The largest absolute Gasteiger partial charge is 0.494 e. The van der Waals surface area contributed by atoms with Crippen LogP contribution >= 0.6 is 11.6 Å². The predicted molar refractivity (Wildman–Crippen MR) is 138 cm³/mol. The number of carbonyl (C=O) groups is 1. The van der Waals surface area contributed by atoms with Gasteiger partial charge in [-0.1, -0.05) is 23.7 Å². The minimum atomic E-state index is 0.0145. The van der Waals surface area contributed by atoms with Gasteiger partial charge in [-0.15, -0.1) is 0 Å². The number of hydrogen-bond donors (Lipinski definition) is 0. The van der Waals surface area contributed by atoms with E-state index in [2.05, 4.69) is 10.6 Å². The van der Waals surface area contributed by atoms with Gasteiger partial charge >= 0.3 is 0 Å². The van der Waals surface area contributed by atoms with Crippen LogP contribution in [0.15, 0.2) is 66.7 Å². The molecule has 2 aliphatic heterocycles. The maximum atomic E-state index is 13.0. The van der Waals surface area contributed by atoms with E-state index in [1.54, 1.807) is 0 Å². The number of carbonyl (C=O) groups excluding carboxylic acids is 1. The molecule has 184 valence electrons. The van der Waals surface area contributed by atoms with Crippen molar-refractivity contribution in [1.29, 1.82) is 0 Å². The summed E-state index contributed by atoms with van der Waals surface area (Å²) in [6.07, 6.45) is 2.27. The quantitative estimate of drug-likeness (QED) is 0.284. The van der Waals surface area contributed by atoms with E-state index in [1.165, 1.54) is 0 Å². The number of amides is 1. The van der Waals surface area contributed by atoms with Crippen LogP contribution in [0.1, 0.15) is 31.0 Å². The Hall–Kier alpha value is -3.71. The number of anilines is 1. The minimum absolute atomic E-state index is 0.0145. The zero-order chi connectivity index (χ0) is 24.5. The van der Waals surface area contributed by atoms with Gasteiger partial charge in [0.1, 0.15) is 11.6 Å². The van der Waals surface area contributed by atoms with E-state index in [-0.39, 0.29) is 18.6 Å². The zero-order valence-corrected chi connectivity index (χ0v) is 20.5. The second kappa shape index (κ2) is 9.74. The lowest BCUT2D eigenvalue weighted by Gasteiger charge is -2.18. The number of benzene rings is 3. The van der Waals surface area contributed by atoms with Crippen LogP contribution in [0.3, 0.4) is 0 Å². The number of para-hydroxylation sites is 2. The number of nitrogens with zero attached hydrogens (tertiary/aromatic N) is 3. The van der Waals surface area contributed by atoms with Gasteiger partial charge in [0.2, 0.25) is 12.7 Å². The van der Waals surface area contributed by atoms with E-state index in [9.17, 15) is 4.79 Å². The number of aryl methyl sites for hydroxylation is 1. The van der Waals surface area contributed by atoms with Crippen LogP contribution in [0.25, 0.3) is 11.0 Å². The molecule has 1 amide bonds. The fourth-order valence-electron chi connectivity index (χ4n) is 4.92. The molecular weight excluding hydrogens is 478 g/mol. The molecule has 6 rings (SSSR count). The van der Waals surface area contributed by atoms with Gasteiger partial charge in [0.25, 0.3) is 0 Å². The van der Waals surface area contributed by atoms with Gasteiger partial charge in [0.15, 0.2) is 11.5 Å². The highest BCUT2D eigenvalue weighted by atomic mass is 35.5. The maximum absolute atomic E-state index is 13.0. The van der Waals surface area contributed by atoms with Crippen molar-refractivity contribution < 1.29 is 19.0 Å². The number of fused-ring (bicyclic) bond motifs is 2. The third-order valence-corrected chi connectivity index (χ3v) is 6.95. The van der Waals surface area contributed by atoms with Crippen LogP contribution in [-0.2, 0) is 11.3 Å². The van der Waals surface area contributed by atoms with Crippen LogP contribution in [0.5, 0.6) is 17.2 Å². The van der Waals surface area contributed by atoms with Crippen molar-refractivity contribution in [3.63, 3.8) is 0 Å². The molecule has 3 heterocycles. The summed E-state index contributed by atoms with van der Waals surface area (Å²) in [5.41, 5.74) is 2.88. The topological polar surface area (TPSA) is 65.8 Å². The van der Waals surface area contributed by atoms with Gasteiger partial charge < -0.3 is 23.7 Å². The van der Waals surface area contributed by atoms with Gasteiger partial charge in [-0.25, -0.2) is 4.98 Å². The molecule has 7 nitrogen and oxygen atoms in total. The summed E-state index contributed by atoms with van der Waals surface area (Å²) >= 11 is 5.95. The molecular formula is C28H26ClN3O4. The lowest BCUT2D eigenvalue weighted by molar-refractivity contribution is -0.117. The molecule has 1 aromatic heterocycles. The van der Waals surface area contributed by atoms with Gasteiger partial charge in [-0.2, -0.15) is 0 Å². The normalized spacial score (nSPS) is 16.8. The van der Waals surface area contributed by atoms with Gasteiger partial charge in [-0.3, -0.25) is 4.79 Å². The van der Waals surface area contributed by atoms with Crippen LogP contribution in [0, 0.1) is 0 Å². The first kappa shape index (κ1) is 22.7. The Morgan fingerprint density at radius 3 is 2.72 bits per heavy atom. The first-order valence-electron chi connectivity index (χ1n) is 12.2. The Morgan fingerprint density at radius 2 is 1.83 bits per heavy atom. The maximum Gasteiger partial charge on any atom is 0.231 e. The fourth-order valence-corrected chi connectivity index (χ4v) is 5.04. The Balaban J connectivity index is 1.16. The van der Waals surface area contributed by atoms with E-state index in [4.69, 9.17) is 30.8 Å². The summed E-state index contributed by atoms with van der Waals surface area (Å²) in [4.78, 5) is 19.8. The van der Waals surface area contributed by atoms with Gasteiger partial charge in [0, 0.05) is 42.2 Å². The van der Waals surface area contributed by atoms with Crippen LogP contribution in [0.4, 0.5) is 5.69 Å². The molecule has 2 aliphatic rings. The first-order valence-corrected chi connectivity index (χ1v) is 12.6. The molecule has 1 saturated heterocycles. The third kappa shape index (κ3) is 4.46. The third-order valence-electron chi connectivity index (χ3n) is 6.70. The second-order valence-corrected chi connectivity index (χ2v) is 9.50. The molecule has 1 unspecified atom stereocenters. The van der Waals surface area contributed by atoms with Crippen LogP contribution in [-0.4, -0.2) is 35.4 Å². The molecule has 0 N–H and O–H groups in total. The summed E-state index contributed by atoms with van der Waals surface area (Å²) in [6.45, 7) is 2.24. The lowest BCUT2D eigenvalue weighted by Crippen LogP contribution is -2.24. The summed E-state index contributed by atoms with van der Waals surface area (Å²) in [7, 11) is 0. The first-order chi connectivity index (χ1) is 17.7. The van der Waals surface area contributed by atoms with Crippen molar-refractivity contribution in [2.24, 2.45) is 0 Å². The van der Waals surface area contributed by atoms with Crippen LogP contribution in [0.2, 0.25) is 5.02 Å². The highest BCUT2D eigenvalue weighted by Crippen LogP contribution is 2.39. The average molecular weight is 504 g/mol. The molecule has 0 bridgehead atoms. The average Bonchev–Trinajstić information content (AvgIpc) is 3.61. The van der Waals surface area contributed by atoms with Crippen molar-refractivity contribution in [3.05, 3.63) is 77.6 Å². The number of aromatic nitrogens is 2. The van der Waals surface area contributed by atoms with Crippen molar-refractivity contribution in [1.82, 2.24) is 9.55 Å². The van der Waals surface area contributed by atoms with Gasteiger partial charge in [-0.05, 0) is 61.4 Å². The molecule has 1 fully saturated rings. The SMILES string of the molecule is O=C1CC(c2nc3ccccc3n2CCCCOc2ccc(Cl)cc2)CN1c1ccc2c(c1)OCO2. The highest BCUT2D eigenvalue weighted by Gasteiger charge is 2.35. The number of imidazole rings is 1. The monoisotopic (exact) mass is 503 g/mol. The smallest absolute Gasteiger partial charge is 0.231 e. The van der Waals surface area contributed by atoms with E-state index in [1.807, 2.05) is 65.6 Å². The second-order valence-electron chi connectivity index (χ2n) is 9.06. The van der Waals surface area contributed by atoms with Gasteiger partial charge in [0.05, 0.1) is 17.6 Å². The number of unbranched alkanes of at least 4 members (excludes halogenated alkanes) is 1. The summed E-state index contributed by atoms with van der Waals surface area (Å²) in [5.74, 6) is 3.28. The molecule has 3 aromatic carbocycles. The van der Waals surface area contributed by atoms with E-state index >= 15 is 0 Å².